The number of fused-ring (bicyclic) bond motifs is 1. The van der Waals surface area contributed by atoms with E-state index in [1.54, 1.807) is 6.07 Å². The number of aliphatic carboxylic acids is 1. The predicted octanol–water partition coefficient (Wildman–Crippen LogP) is 1.49. The highest BCUT2D eigenvalue weighted by Gasteiger charge is 2.31. The lowest BCUT2D eigenvalue weighted by molar-refractivity contribution is -0.143. The highest BCUT2D eigenvalue weighted by molar-refractivity contribution is 5.82. The second-order valence-electron chi connectivity index (χ2n) is 3.90. The molecule has 0 aliphatic heterocycles. The second-order valence-corrected chi connectivity index (χ2v) is 3.90. The zero-order valence-corrected chi connectivity index (χ0v) is 8.84. The Kier molecular flexibility index (Phi) is 2.36. The lowest BCUT2D eigenvalue weighted by Gasteiger charge is -2.18. The van der Waals surface area contributed by atoms with Crippen LogP contribution in [-0.4, -0.2) is 16.1 Å². The summed E-state index contributed by atoms with van der Waals surface area (Å²) in [5.41, 5.74) is 5.36. The van der Waals surface area contributed by atoms with Crippen molar-refractivity contribution in [2.45, 2.75) is 12.5 Å². The minimum atomic E-state index is -1.45. The van der Waals surface area contributed by atoms with Gasteiger partial charge in [0.25, 0.3) is 0 Å². The molecule has 0 saturated carbocycles. The van der Waals surface area contributed by atoms with Crippen LogP contribution in [0, 0.1) is 0 Å². The SMILES string of the molecule is C[C@](N)(C(=O)O)c1ccc2ccccc2n1. The molecule has 0 aliphatic rings. The zero-order valence-electron chi connectivity index (χ0n) is 8.84. The summed E-state index contributed by atoms with van der Waals surface area (Å²) in [5, 5.41) is 9.97. The fourth-order valence-electron chi connectivity index (χ4n) is 1.46. The number of carboxylic acids is 1. The molecule has 0 bridgehead atoms. The van der Waals surface area contributed by atoms with Crippen molar-refractivity contribution < 1.29 is 9.90 Å². The van der Waals surface area contributed by atoms with Crippen LogP contribution in [0.1, 0.15) is 12.6 Å². The molecule has 0 amide bonds. The number of nitrogens with two attached hydrogens (primary N) is 1. The van der Waals surface area contributed by atoms with Crippen LogP contribution >= 0.6 is 0 Å². The zero-order chi connectivity index (χ0) is 11.8. The van der Waals surface area contributed by atoms with Gasteiger partial charge in [-0.25, -0.2) is 4.79 Å². The van der Waals surface area contributed by atoms with Crippen LogP contribution in [0.2, 0.25) is 0 Å². The second kappa shape index (κ2) is 3.57. The number of para-hydroxylation sites is 1. The summed E-state index contributed by atoms with van der Waals surface area (Å²) in [6.07, 6.45) is 0. The third-order valence-electron chi connectivity index (χ3n) is 2.57. The van der Waals surface area contributed by atoms with Crippen LogP contribution in [0.3, 0.4) is 0 Å². The Labute approximate surface area is 92.7 Å². The number of pyridine rings is 1. The maximum atomic E-state index is 11.0. The summed E-state index contributed by atoms with van der Waals surface area (Å²) in [4.78, 5) is 15.3. The maximum Gasteiger partial charge on any atom is 0.329 e. The molecular weight excluding hydrogens is 204 g/mol. The van der Waals surface area contributed by atoms with Gasteiger partial charge in [-0.3, -0.25) is 4.98 Å². The number of rotatable bonds is 2. The maximum absolute atomic E-state index is 11.0. The highest BCUT2D eigenvalue weighted by Crippen LogP contribution is 2.19. The Morgan fingerprint density at radius 3 is 2.69 bits per heavy atom. The monoisotopic (exact) mass is 216 g/mol. The first kappa shape index (κ1) is 10.6. The van der Waals surface area contributed by atoms with Crippen LogP contribution in [0.5, 0.6) is 0 Å². The van der Waals surface area contributed by atoms with Crippen molar-refractivity contribution in [1.29, 1.82) is 0 Å². The largest absolute Gasteiger partial charge is 0.480 e. The molecule has 1 heterocycles. The van der Waals surface area contributed by atoms with E-state index in [0.717, 1.165) is 10.9 Å². The first-order valence-electron chi connectivity index (χ1n) is 4.90. The first-order chi connectivity index (χ1) is 7.51. The number of aromatic nitrogens is 1. The Hall–Kier alpha value is -1.94. The summed E-state index contributed by atoms with van der Waals surface area (Å²) in [6.45, 7) is 1.44. The predicted molar refractivity (Wildman–Crippen MR) is 60.9 cm³/mol. The molecule has 82 valence electrons. The van der Waals surface area contributed by atoms with Crippen molar-refractivity contribution in [2.75, 3.05) is 0 Å². The number of nitrogens with zero attached hydrogens (tertiary/aromatic N) is 1. The van der Waals surface area contributed by atoms with Crippen LogP contribution in [-0.2, 0) is 10.3 Å². The van der Waals surface area contributed by atoms with Gasteiger partial charge in [0.15, 0.2) is 5.54 Å². The molecule has 0 unspecified atom stereocenters. The van der Waals surface area contributed by atoms with E-state index in [1.807, 2.05) is 30.3 Å². The van der Waals surface area contributed by atoms with Crippen molar-refractivity contribution in [3.8, 4) is 0 Å². The average molecular weight is 216 g/mol. The lowest BCUT2D eigenvalue weighted by Crippen LogP contribution is -2.42. The van der Waals surface area contributed by atoms with Gasteiger partial charge >= 0.3 is 5.97 Å². The van der Waals surface area contributed by atoms with E-state index in [1.165, 1.54) is 6.92 Å². The minimum Gasteiger partial charge on any atom is -0.480 e. The molecule has 1 aromatic heterocycles. The Bertz CT molecular complexity index is 549. The fourth-order valence-corrected chi connectivity index (χ4v) is 1.46. The highest BCUT2D eigenvalue weighted by atomic mass is 16.4. The summed E-state index contributed by atoms with van der Waals surface area (Å²) in [6, 6.07) is 11.0. The Morgan fingerprint density at radius 1 is 1.31 bits per heavy atom. The molecule has 4 nitrogen and oxygen atoms in total. The van der Waals surface area contributed by atoms with Gasteiger partial charge < -0.3 is 10.8 Å². The van der Waals surface area contributed by atoms with Crippen LogP contribution in [0.25, 0.3) is 10.9 Å². The fraction of sp³-hybridized carbons (Fsp3) is 0.167. The van der Waals surface area contributed by atoms with Crippen molar-refractivity contribution in [3.63, 3.8) is 0 Å². The molecule has 0 saturated heterocycles. The molecule has 1 atom stereocenters. The molecular formula is C12H12N2O2. The van der Waals surface area contributed by atoms with Crippen molar-refractivity contribution in [1.82, 2.24) is 4.98 Å². The molecule has 0 fully saturated rings. The molecule has 0 aliphatic carbocycles. The molecule has 0 radical (unpaired) electrons. The number of carboxylic acid groups (broad SMARTS) is 1. The van der Waals surface area contributed by atoms with Gasteiger partial charge in [-0.2, -0.15) is 0 Å². The third-order valence-corrected chi connectivity index (χ3v) is 2.57. The van der Waals surface area contributed by atoms with E-state index in [0.29, 0.717) is 5.69 Å². The smallest absolute Gasteiger partial charge is 0.329 e. The molecule has 1 aromatic carbocycles. The number of carbonyl (C=O) groups is 1. The number of benzene rings is 1. The van der Waals surface area contributed by atoms with Gasteiger partial charge in [0.05, 0.1) is 11.2 Å². The summed E-state index contributed by atoms with van der Waals surface area (Å²) < 4.78 is 0. The molecule has 4 heteroatoms. The van der Waals surface area contributed by atoms with Gasteiger partial charge in [0.2, 0.25) is 0 Å². The lowest BCUT2D eigenvalue weighted by atomic mass is 9.98. The molecule has 3 N–H and O–H groups in total. The number of hydrogen-bond acceptors (Lipinski definition) is 3. The van der Waals surface area contributed by atoms with Crippen molar-refractivity contribution in [3.05, 3.63) is 42.1 Å². The van der Waals surface area contributed by atoms with E-state index in [-0.39, 0.29) is 0 Å². The van der Waals surface area contributed by atoms with E-state index in [9.17, 15) is 4.79 Å². The molecule has 2 rings (SSSR count). The van der Waals surface area contributed by atoms with E-state index in [2.05, 4.69) is 4.98 Å². The Morgan fingerprint density at radius 2 is 2.00 bits per heavy atom. The van der Waals surface area contributed by atoms with Crippen LogP contribution in [0.4, 0.5) is 0 Å². The first-order valence-corrected chi connectivity index (χ1v) is 4.90. The van der Waals surface area contributed by atoms with Crippen LogP contribution in [0.15, 0.2) is 36.4 Å². The van der Waals surface area contributed by atoms with Crippen molar-refractivity contribution >= 4 is 16.9 Å². The summed E-state index contributed by atoms with van der Waals surface area (Å²) in [5.74, 6) is -1.09. The summed E-state index contributed by atoms with van der Waals surface area (Å²) >= 11 is 0. The van der Waals surface area contributed by atoms with Gasteiger partial charge in [-0.15, -0.1) is 0 Å². The van der Waals surface area contributed by atoms with E-state index < -0.39 is 11.5 Å². The summed E-state index contributed by atoms with van der Waals surface area (Å²) in [7, 11) is 0. The normalized spacial score (nSPS) is 14.6. The van der Waals surface area contributed by atoms with Gasteiger partial charge in [-0.05, 0) is 19.1 Å². The Balaban J connectivity index is 2.59. The third kappa shape index (κ3) is 1.63. The van der Waals surface area contributed by atoms with Gasteiger partial charge in [0, 0.05) is 5.39 Å². The van der Waals surface area contributed by atoms with Gasteiger partial charge in [-0.1, -0.05) is 24.3 Å². The van der Waals surface area contributed by atoms with Crippen molar-refractivity contribution in [2.24, 2.45) is 5.73 Å². The molecule has 2 aromatic rings. The minimum absolute atomic E-state index is 0.360. The van der Waals surface area contributed by atoms with E-state index >= 15 is 0 Å². The number of hydrogen-bond donors (Lipinski definition) is 2. The standard InChI is InChI=1S/C12H12N2O2/c1-12(13,11(15)16)10-7-6-8-4-2-3-5-9(8)14-10/h2-7H,13H2,1H3,(H,15,16)/t12-/m1/s1. The molecule has 16 heavy (non-hydrogen) atoms. The average Bonchev–Trinajstić information content (AvgIpc) is 2.28. The van der Waals surface area contributed by atoms with Gasteiger partial charge in [0.1, 0.15) is 0 Å². The van der Waals surface area contributed by atoms with Crippen LogP contribution < -0.4 is 5.73 Å². The van der Waals surface area contributed by atoms with E-state index in [4.69, 9.17) is 10.8 Å². The quantitative estimate of drug-likeness (QED) is 0.797. The topological polar surface area (TPSA) is 76.2 Å². The molecule has 0 spiro atoms.